The lowest BCUT2D eigenvalue weighted by Crippen LogP contribution is -2.74. The summed E-state index contributed by atoms with van der Waals surface area (Å²) >= 11 is 3.83. The molecule has 6 fully saturated rings. The molecule has 6 aliphatic rings. The van der Waals surface area contributed by atoms with Gasteiger partial charge in [-0.15, -0.1) is 0 Å². The summed E-state index contributed by atoms with van der Waals surface area (Å²) in [4.78, 5) is 29.7. The number of alkyl halides is 1. The van der Waals surface area contributed by atoms with Gasteiger partial charge < -0.3 is 24.0 Å². The number of likely N-dealkylation sites (tertiary alicyclic amines) is 1. The first-order chi connectivity index (χ1) is 20.1. The van der Waals surface area contributed by atoms with Gasteiger partial charge in [0, 0.05) is 69.7 Å². The topological polar surface area (TPSA) is 79.3 Å². The number of quaternary nitrogens is 1. The number of piperazine rings is 1. The molecule has 10 atom stereocenters. The van der Waals surface area contributed by atoms with Gasteiger partial charge in [0.05, 0.1) is 25.7 Å². The van der Waals surface area contributed by atoms with Crippen LogP contribution in [0.3, 0.4) is 0 Å². The van der Waals surface area contributed by atoms with E-state index < -0.39 is 10.1 Å². The Balaban J connectivity index is 1.39. The monoisotopic (exact) mass is 666 g/mol. The van der Waals surface area contributed by atoms with Gasteiger partial charge in [-0.2, -0.15) is 0 Å². The number of halogens is 1. The van der Waals surface area contributed by atoms with Gasteiger partial charge in [-0.1, -0.05) is 13.8 Å². The molecule has 43 heavy (non-hydrogen) atoms. The van der Waals surface area contributed by atoms with E-state index in [9.17, 15) is 14.7 Å². The Bertz CT molecular complexity index is 1090. The number of carbonyl (C=O) groups is 2. The van der Waals surface area contributed by atoms with Gasteiger partial charge in [0.2, 0.25) is 0 Å². The van der Waals surface area contributed by atoms with Gasteiger partial charge in [0.25, 0.3) is 0 Å². The number of hydrogen-bond donors (Lipinski definition) is 1. The number of rotatable bonds is 4. The largest absolute Gasteiger partial charge is 0.456 e. The minimum Gasteiger partial charge on any atom is -0.456 e. The molecule has 0 bridgehead atoms. The Morgan fingerprint density at radius 1 is 0.930 bits per heavy atom. The zero-order valence-electron chi connectivity index (χ0n) is 27.6. The summed E-state index contributed by atoms with van der Waals surface area (Å²) in [7, 11) is 4.61. The maximum atomic E-state index is 13.1. The van der Waals surface area contributed by atoms with Crippen LogP contribution in [0.2, 0.25) is 0 Å². The van der Waals surface area contributed by atoms with Crippen LogP contribution in [0.4, 0.5) is 0 Å². The third-order valence-electron chi connectivity index (χ3n) is 14.0. The molecule has 9 heteroatoms. The SMILES string of the molecule is CC(=O)O[C@H]1[C@@H]([N+]2(C)CCCCC2)C[C@H]2[C@@H]3C[C@@H](N4CCN(C)CC4)[C@@]4(O)C[C@@](Br)(OC(C)=O)CC[C@]4(C)[C@H]3CC[C@@]21C. The fraction of sp³-hybridized carbons (Fsp3) is 0.941. The first kappa shape index (κ1) is 32.2. The van der Waals surface area contributed by atoms with Crippen LogP contribution in [0.25, 0.3) is 0 Å². The number of likely N-dealkylation sites (N-methyl/N-ethyl adjacent to an activating group) is 2. The molecule has 0 aromatic rings. The van der Waals surface area contributed by atoms with Crippen molar-refractivity contribution in [1.82, 2.24) is 9.80 Å². The molecule has 0 amide bonds. The van der Waals surface area contributed by atoms with Crippen LogP contribution in [0.5, 0.6) is 0 Å². The lowest BCUT2D eigenvalue weighted by Gasteiger charge is -2.68. The molecule has 244 valence electrons. The molecule has 0 unspecified atom stereocenters. The normalized spacial score (nSPS) is 48.5. The van der Waals surface area contributed by atoms with Crippen molar-refractivity contribution in [2.75, 3.05) is 53.4 Å². The van der Waals surface area contributed by atoms with E-state index in [0.29, 0.717) is 36.6 Å². The van der Waals surface area contributed by atoms with Gasteiger partial charge >= 0.3 is 11.9 Å². The van der Waals surface area contributed by atoms with E-state index in [4.69, 9.17) is 9.47 Å². The number of aliphatic hydroxyl groups is 1. The molecule has 4 aliphatic carbocycles. The molecular formula is C34H57BrN3O5+. The molecule has 2 heterocycles. The zero-order valence-corrected chi connectivity index (χ0v) is 29.2. The molecule has 0 radical (unpaired) electrons. The fourth-order valence-electron chi connectivity index (χ4n) is 11.7. The number of esters is 2. The number of ether oxygens (including phenoxy) is 2. The van der Waals surface area contributed by atoms with E-state index in [1.807, 2.05) is 0 Å². The van der Waals surface area contributed by atoms with Crippen molar-refractivity contribution in [3.8, 4) is 0 Å². The molecule has 0 spiro atoms. The average Bonchev–Trinajstić information content (AvgIpc) is 3.22. The predicted octanol–water partition coefficient (Wildman–Crippen LogP) is 4.56. The van der Waals surface area contributed by atoms with Crippen LogP contribution in [-0.2, 0) is 19.1 Å². The highest BCUT2D eigenvalue weighted by molar-refractivity contribution is 9.10. The number of nitrogens with zero attached hydrogens (tertiary/aromatic N) is 3. The Hall–Kier alpha value is -0.740. The molecule has 6 rings (SSSR count). The van der Waals surface area contributed by atoms with Crippen LogP contribution in [0.1, 0.15) is 91.9 Å². The summed E-state index contributed by atoms with van der Waals surface area (Å²) in [6.45, 7) is 14.1. The van der Waals surface area contributed by atoms with Crippen LogP contribution >= 0.6 is 15.9 Å². The van der Waals surface area contributed by atoms with Gasteiger partial charge in [-0.05, 0) is 92.1 Å². The third kappa shape index (κ3) is 5.23. The highest BCUT2D eigenvalue weighted by Gasteiger charge is 2.72. The molecule has 2 saturated heterocycles. The van der Waals surface area contributed by atoms with E-state index in [1.165, 1.54) is 39.3 Å². The maximum Gasteiger partial charge on any atom is 0.304 e. The maximum absolute atomic E-state index is 13.1. The molecule has 2 aliphatic heterocycles. The summed E-state index contributed by atoms with van der Waals surface area (Å²) < 4.78 is 12.5. The van der Waals surface area contributed by atoms with Crippen molar-refractivity contribution in [2.45, 2.75) is 120 Å². The lowest BCUT2D eigenvalue weighted by atomic mass is 9.42. The number of hydrogen-bond acceptors (Lipinski definition) is 7. The second-order valence-electron chi connectivity index (χ2n) is 16.3. The zero-order chi connectivity index (χ0) is 31.0. The second-order valence-corrected chi connectivity index (χ2v) is 17.8. The van der Waals surface area contributed by atoms with Gasteiger partial charge in [0.1, 0.15) is 6.04 Å². The summed E-state index contributed by atoms with van der Waals surface area (Å²) in [5.41, 5.74) is -1.32. The molecule has 0 aromatic carbocycles. The summed E-state index contributed by atoms with van der Waals surface area (Å²) in [6, 6.07) is 0.327. The van der Waals surface area contributed by atoms with Crippen molar-refractivity contribution in [3.63, 3.8) is 0 Å². The predicted molar refractivity (Wildman–Crippen MR) is 169 cm³/mol. The number of piperidine rings is 1. The standard InChI is InChI=1S/C34H57BrN3O5/c1-23(39)42-30-28(38(6)18-8-7-9-19-38)21-27-25-20-29(37-16-14-36(5)15-17-37)34(41)22-33(35,43-24(2)40)13-12-32(34,4)26(25)10-11-31(27,30)3/h25-30,41H,7-22H2,1-6H3/q+1/t25-,26+,27+,28+,29-,30+,31+,32-,33+,34+/m1/s1. The Morgan fingerprint density at radius 3 is 2.23 bits per heavy atom. The van der Waals surface area contributed by atoms with Crippen molar-refractivity contribution in [1.29, 1.82) is 0 Å². The number of fused-ring (bicyclic) bond motifs is 5. The third-order valence-corrected chi connectivity index (χ3v) is 14.9. The van der Waals surface area contributed by atoms with E-state index in [2.05, 4.69) is 53.7 Å². The first-order valence-corrected chi connectivity index (χ1v) is 18.0. The van der Waals surface area contributed by atoms with Crippen molar-refractivity contribution in [2.24, 2.45) is 28.6 Å². The fourth-order valence-corrected chi connectivity index (χ4v) is 12.5. The number of carbonyl (C=O) groups excluding carboxylic acids is 2. The quantitative estimate of drug-likeness (QED) is 0.268. The summed E-state index contributed by atoms with van der Waals surface area (Å²) in [6.07, 6.45) is 9.83. The van der Waals surface area contributed by atoms with Crippen LogP contribution in [-0.4, -0.2) is 113 Å². The van der Waals surface area contributed by atoms with Gasteiger partial charge in [-0.25, -0.2) is 0 Å². The molecule has 4 saturated carbocycles. The second kappa shape index (κ2) is 11.2. The molecule has 0 aromatic heterocycles. The summed E-state index contributed by atoms with van der Waals surface area (Å²) in [5.74, 6) is 0.860. The van der Waals surface area contributed by atoms with E-state index in [0.717, 1.165) is 62.8 Å². The van der Waals surface area contributed by atoms with Crippen LogP contribution in [0, 0.1) is 28.6 Å². The summed E-state index contributed by atoms with van der Waals surface area (Å²) in [5, 5.41) is 13.1. The van der Waals surface area contributed by atoms with E-state index in [1.54, 1.807) is 6.92 Å². The van der Waals surface area contributed by atoms with E-state index >= 15 is 0 Å². The van der Waals surface area contributed by atoms with Crippen molar-refractivity contribution < 1.29 is 28.7 Å². The van der Waals surface area contributed by atoms with E-state index in [-0.39, 0.29) is 34.9 Å². The van der Waals surface area contributed by atoms with Crippen molar-refractivity contribution >= 4 is 27.9 Å². The molecular weight excluding hydrogens is 610 g/mol. The van der Waals surface area contributed by atoms with Gasteiger partial charge in [0.15, 0.2) is 10.6 Å². The Kier molecular flexibility index (Phi) is 8.39. The molecule has 8 nitrogen and oxygen atoms in total. The van der Waals surface area contributed by atoms with Crippen LogP contribution in [0.15, 0.2) is 0 Å². The van der Waals surface area contributed by atoms with Crippen LogP contribution < -0.4 is 0 Å². The highest BCUT2D eigenvalue weighted by Crippen LogP contribution is 2.70. The molecule has 1 N–H and O–H groups in total. The Labute approximate surface area is 267 Å². The highest BCUT2D eigenvalue weighted by atomic mass is 79.9. The smallest absolute Gasteiger partial charge is 0.304 e. The minimum absolute atomic E-state index is 0.00596. The average molecular weight is 668 g/mol. The van der Waals surface area contributed by atoms with Crippen molar-refractivity contribution in [3.05, 3.63) is 0 Å². The van der Waals surface area contributed by atoms with Gasteiger partial charge in [-0.3, -0.25) is 14.5 Å². The lowest BCUT2D eigenvalue weighted by molar-refractivity contribution is -0.940. The first-order valence-electron chi connectivity index (χ1n) is 17.2. The minimum atomic E-state index is -0.978. The Morgan fingerprint density at radius 2 is 1.60 bits per heavy atom.